The minimum atomic E-state index is -0.770. The maximum atomic E-state index is 9.06. The molecule has 0 atom stereocenters. The zero-order chi connectivity index (χ0) is 29.6. The number of hydrogen-bond acceptors (Lipinski definition) is 1. The molecule has 6 rings (SSSR count). The third-order valence-corrected chi connectivity index (χ3v) is 7.27. The molecule has 0 aliphatic heterocycles. The molecule has 0 unspecified atom stereocenters. The van der Waals surface area contributed by atoms with Crippen LogP contribution in [0.1, 0.15) is 0 Å². The SMILES string of the molecule is [C-]#[O+].[CH]1[CH][CH][CH][CH]1.[CH]1[CH][CH][CH][CH]1.[O]=[Mo]=[Mo].c1ccc(Pc2ccccc2)cc1.c1ccc(Pc2ccccc2)cc1. The molecule has 0 amide bonds. The maximum Gasteiger partial charge on any atom is -0.0226 e. The topological polar surface area (TPSA) is 37.0 Å². The van der Waals surface area contributed by atoms with Crippen molar-refractivity contribution in [2.75, 3.05) is 0 Å². The van der Waals surface area contributed by atoms with Gasteiger partial charge in [-0.3, -0.25) is 0 Å². The van der Waals surface area contributed by atoms with Crippen LogP contribution in [0, 0.1) is 70.9 Å². The molecule has 2 nitrogen and oxygen atoms in total. The summed E-state index contributed by atoms with van der Waals surface area (Å²) in [7, 11) is 1.55. The fourth-order valence-electron chi connectivity index (χ4n) is 3.06. The third-order valence-electron chi connectivity index (χ3n) is 4.78. The predicted octanol–water partition coefficient (Wildman–Crippen LogP) is 6.51. The minimum Gasteiger partial charge on any atom is -0.0622 e. The summed E-state index contributed by atoms with van der Waals surface area (Å²) in [6, 6.07) is 42.3. The van der Waals surface area contributed by atoms with Gasteiger partial charge in [-0.15, -0.1) is 0 Å². The Morgan fingerprint density at radius 3 is 0.707 bits per heavy atom. The molecular weight excluding hydrogens is 706 g/mol. The summed E-state index contributed by atoms with van der Waals surface area (Å²) in [4.78, 5) is 0. The average molecular weight is 738 g/mol. The Kier molecular flexibility index (Phi) is 26.4. The smallest absolute Gasteiger partial charge is 0.0226 e. The van der Waals surface area contributed by atoms with Gasteiger partial charge in [0.25, 0.3) is 0 Å². The van der Waals surface area contributed by atoms with Crippen molar-refractivity contribution < 1.29 is 39.2 Å². The summed E-state index contributed by atoms with van der Waals surface area (Å²) in [5.41, 5.74) is 0. The molecule has 2 aliphatic rings. The van der Waals surface area contributed by atoms with Gasteiger partial charge in [0.15, 0.2) is 0 Å². The quantitative estimate of drug-likeness (QED) is 0.102. The molecule has 0 spiro atoms. The van der Waals surface area contributed by atoms with E-state index in [9.17, 15) is 0 Å². The van der Waals surface area contributed by atoms with Gasteiger partial charge in [0.05, 0.1) is 0 Å². The molecule has 0 heterocycles. The summed E-state index contributed by atoms with van der Waals surface area (Å²) in [6.07, 6.45) is 20.0. The van der Waals surface area contributed by atoms with Crippen molar-refractivity contribution in [3.8, 4) is 0 Å². The molecule has 10 radical (unpaired) electrons. The molecule has 0 bridgehead atoms. The van der Waals surface area contributed by atoms with E-state index in [2.05, 4.69) is 128 Å². The Morgan fingerprint density at radius 2 is 0.561 bits per heavy atom. The monoisotopic (exact) mass is 742 g/mol. The molecule has 206 valence electrons. The summed E-state index contributed by atoms with van der Waals surface area (Å²) in [5.74, 6) is 0. The van der Waals surface area contributed by atoms with Crippen molar-refractivity contribution >= 4 is 38.4 Å². The Hall–Kier alpha value is -1.34. The van der Waals surface area contributed by atoms with Crippen molar-refractivity contribution in [2.45, 2.75) is 0 Å². The van der Waals surface area contributed by atoms with E-state index in [4.69, 9.17) is 8.05 Å². The van der Waals surface area contributed by atoms with E-state index in [0.29, 0.717) is 0 Å². The van der Waals surface area contributed by atoms with Crippen molar-refractivity contribution in [1.29, 1.82) is 0 Å². The van der Waals surface area contributed by atoms with E-state index in [1.54, 1.807) is 16.2 Å². The van der Waals surface area contributed by atoms with E-state index in [1.807, 2.05) is 64.2 Å². The Labute approximate surface area is 268 Å². The van der Waals surface area contributed by atoms with Gasteiger partial charge in [-0.1, -0.05) is 138 Å². The fourth-order valence-corrected chi connectivity index (χ4v) is 5.16. The van der Waals surface area contributed by atoms with Crippen molar-refractivity contribution in [1.82, 2.24) is 0 Å². The van der Waals surface area contributed by atoms with Crippen LogP contribution in [0.25, 0.3) is 0 Å². The molecule has 2 saturated carbocycles. The first-order chi connectivity index (χ1) is 20.3. The fraction of sp³-hybridized carbons (Fsp3) is 0. The summed E-state index contributed by atoms with van der Waals surface area (Å²) in [5, 5.41) is 5.59. The van der Waals surface area contributed by atoms with Crippen LogP contribution in [0.15, 0.2) is 121 Å². The van der Waals surface area contributed by atoms with Crippen molar-refractivity contribution in [3.63, 3.8) is 0 Å². The van der Waals surface area contributed by atoms with E-state index >= 15 is 0 Å². The van der Waals surface area contributed by atoms with Gasteiger partial charge in [0.2, 0.25) is 0 Å². The van der Waals surface area contributed by atoms with Gasteiger partial charge in [-0.05, 0) is 85.4 Å². The minimum absolute atomic E-state index is 0.770. The zero-order valence-corrected chi connectivity index (χ0v) is 28.5. The molecule has 0 N–H and O–H groups in total. The van der Waals surface area contributed by atoms with Crippen LogP contribution in [-0.2, 0) is 39.2 Å². The second kappa shape index (κ2) is 28.8. The van der Waals surface area contributed by atoms with Gasteiger partial charge in [-0.25, -0.2) is 0 Å². The summed E-state index contributed by atoms with van der Waals surface area (Å²) < 4.78 is 16.6. The molecule has 4 aromatic rings. The van der Waals surface area contributed by atoms with Gasteiger partial charge in [0, 0.05) is 0 Å². The van der Waals surface area contributed by atoms with Crippen molar-refractivity contribution in [2.24, 2.45) is 0 Å². The average Bonchev–Trinajstić information content (AvgIpc) is 3.82. The molecule has 0 aromatic heterocycles. The van der Waals surface area contributed by atoms with Crippen LogP contribution in [0.2, 0.25) is 0 Å². The normalized spacial score (nSPS) is 12.4. The Balaban J connectivity index is 0.000000278. The molecule has 41 heavy (non-hydrogen) atoms. The van der Waals surface area contributed by atoms with E-state index in [0.717, 1.165) is 17.2 Å². The maximum absolute atomic E-state index is 9.06. The second-order valence-corrected chi connectivity index (χ2v) is 12.8. The summed E-state index contributed by atoms with van der Waals surface area (Å²) >= 11 is 0.875. The molecule has 4 aromatic carbocycles. The standard InChI is InChI=1S/2C12H11P.2C5H5.CO.2Mo.O/c2*1-3-7-11(8-4-1)13-12-9-5-2-6-10-12;2*1-2-4-5-3-1;1-2;;;/h2*1-10,13H;2*1-5H;;;;. The van der Waals surface area contributed by atoms with E-state index in [1.165, 1.54) is 21.2 Å². The van der Waals surface area contributed by atoms with Crippen molar-refractivity contribution in [3.05, 3.63) is 192 Å². The van der Waals surface area contributed by atoms with Crippen LogP contribution >= 0.6 is 17.2 Å². The molecule has 2 fully saturated rings. The number of rotatable bonds is 4. The zero-order valence-electron chi connectivity index (χ0n) is 22.5. The van der Waals surface area contributed by atoms with E-state index in [-0.39, 0.29) is 0 Å². The molecule has 2 aliphatic carbocycles. The predicted molar refractivity (Wildman–Crippen MR) is 169 cm³/mol. The van der Waals surface area contributed by atoms with Gasteiger partial charge < -0.3 is 0 Å². The van der Waals surface area contributed by atoms with Gasteiger partial charge in [-0.2, -0.15) is 0 Å². The Morgan fingerprint density at radius 1 is 0.415 bits per heavy atom. The van der Waals surface area contributed by atoms with Crippen LogP contribution < -0.4 is 21.2 Å². The first-order valence-corrected chi connectivity index (χ1v) is 21.0. The van der Waals surface area contributed by atoms with Crippen LogP contribution in [0.3, 0.4) is 0 Å². The van der Waals surface area contributed by atoms with Crippen LogP contribution in [0.4, 0.5) is 0 Å². The summed E-state index contributed by atoms with van der Waals surface area (Å²) in [6.45, 7) is 4.50. The van der Waals surface area contributed by atoms with Crippen LogP contribution in [-0.4, -0.2) is 0 Å². The molecular formula is C35H32Mo2O2P2. The number of hydrogen-bond donors (Lipinski definition) is 0. The third kappa shape index (κ3) is 21.9. The number of benzene rings is 4. The first kappa shape index (κ1) is 37.7. The second-order valence-electron chi connectivity index (χ2n) is 7.71. The van der Waals surface area contributed by atoms with Crippen LogP contribution in [0.5, 0.6) is 0 Å². The molecule has 0 saturated heterocycles. The Bertz CT molecular complexity index is 984. The first-order valence-electron chi connectivity index (χ1n) is 12.5. The molecule has 6 heteroatoms. The van der Waals surface area contributed by atoms with E-state index < -0.39 is 14.9 Å². The van der Waals surface area contributed by atoms with Gasteiger partial charge >= 0.3 is 45.9 Å². The van der Waals surface area contributed by atoms with Gasteiger partial charge in [0.1, 0.15) is 0 Å². The largest absolute Gasteiger partial charge is 0.0622 e.